The minimum Gasteiger partial charge on any atom is -0.469 e. The molecular formula is C22H22O4. The predicted octanol–water partition coefficient (Wildman–Crippen LogP) is 6.51. The second-order valence-corrected chi connectivity index (χ2v) is 6.68. The van der Waals surface area contributed by atoms with Crippen LogP contribution >= 0.6 is 0 Å². The van der Waals surface area contributed by atoms with Crippen molar-refractivity contribution < 1.29 is 17.7 Å². The number of hydrogen-bond acceptors (Lipinski definition) is 4. The van der Waals surface area contributed by atoms with E-state index < -0.39 is 0 Å². The van der Waals surface area contributed by atoms with Crippen LogP contribution in [0.4, 0.5) is 0 Å². The molecule has 0 aliphatic rings. The monoisotopic (exact) mass is 350 g/mol. The fourth-order valence-corrected chi connectivity index (χ4v) is 3.16. The molecule has 26 heavy (non-hydrogen) atoms. The Morgan fingerprint density at radius 1 is 0.500 bits per heavy atom. The molecule has 0 aromatic carbocycles. The van der Waals surface area contributed by atoms with Crippen molar-refractivity contribution in [2.24, 2.45) is 0 Å². The lowest BCUT2D eigenvalue weighted by Crippen LogP contribution is -1.94. The lowest BCUT2D eigenvalue weighted by molar-refractivity contribution is 0.380. The third-order valence-electron chi connectivity index (χ3n) is 4.94. The molecule has 0 spiro atoms. The maximum absolute atomic E-state index is 6.09. The van der Waals surface area contributed by atoms with Crippen molar-refractivity contribution in [1.29, 1.82) is 0 Å². The van der Waals surface area contributed by atoms with Gasteiger partial charge in [0.25, 0.3) is 0 Å². The van der Waals surface area contributed by atoms with E-state index in [-0.39, 0.29) is 17.8 Å². The molecule has 0 aliphatic heterocycles. The zero-order valence-electron chi connectivity index (χ0n) is 15.1. The van der Waals surface area contributed by atoms with E-state index in [4.69, 9.17) is 17.7 Å². The van der Waals surface area contributed by atoms with Gasteiger partial charge in [0.2, 0.25) is 0 Å². The van der Waals surface area contributed by atoms with E-state index in [1.165, 1.54) is 0 Å². The second kappa shape index (κ2) is 6.79. The maximum Gasteiger partial charge on any atom is 0.114 e. The quantitative estimate of drug-likeness (QED) is 0.397. The molecule has 0 radical (unpaired) electrons. The Morgan fingerprint density at radius 2 is 0.846 bits per heavy atom. The van der Waals surface area contributed by atoms with Crippen LogP contribution in [0.2, 0.25) is 0 Å². The first-order valence-electron chi connectivity index (χ1n) is 8.89. The van der Waals surface area contributed by atoms with E-state index in [1.54, 1.807) is 12.5 Å². The number of hydrogen-bond donors (Lipinski definition) is 0. The first kappa shape index (κ1) is 16.6. The molecule has 4 rings (SSSR count). The molecule has 134 valence electrons. The first-order valence-corrected chi connectivity index (χ1v) is 8.89. The molecule has 0 aliphatic carbocycles. The van der Waals surface area contributed by atoms with Gasteiger partial charge in [-0.05, 0) is 69.3 Å². The molecule has 4 heteroatoms. The maximum atomic E-state index is 6.09. The molecular weight excluding hydrogens is 328 g/mol. The molecule has 0 saturated carbocycles. The number of rotatable bonds is 6. The molecule has 2 atom stereocenters. The number of furan rings is 4. The van der Waals surface area contributed by atoms with Gasteiger partial charge >= 0.3 is 0 Å². The summed E-state index contributed by atoms with van der Waals surface area (Å²) in [6, 6.07) is 15.7. The predicted molar refractivity (Wildman–Crippen MR) is 97.4 cm³/mol. The van der Waals surface area contributed by atoms with Gasteiger partial charge in [0, 0.05) is 0 Å². The van der Waals surface area contributed by atoms with Crippen LogP contribution in [0, 0.1) is 0 Å². The summed E-state index contributed by atoms with van der Waals surface area (Å²) < 4.78 is 23.1. The Hall–Kier alpha value is -2.88. The van der Waals surface area contributed by atoms with Crippen molar-refractivity contribution >= 4 is 0 Å². The van der Waals surface area contributed by atoms with E-state index in [2.05, 4.69) is 20.8 Å². The molecule has 4 heterocycles. The average molecular weight is 350 g/mol. The zero-order chi connectivity index (χ0) is 18.1. The van der Waals surface area contributed by atoms with Crippen molar-refractivity contribution in [2.75, 3.05) is 0 Å². The highest BCUT2D eigenvalue weighted by Crippen LogP contribution is 2.34. The summed E-state index contributed by atoms with van der Waals surface area (Å²) in [6.45, 7) is 6.23. The van der Waals surface area contributed by atoms with E-state index in [0.29, 0.717) is 0 Å². The molecule has 4 aromatic heterocycles. The molecule has 0 saturated heterocycles. The van der Waals surface area contributed by atoms with E-state index in [1.807, 2.05) is 48.5 Å². The van der Waals surface area contributed by atoms with Crippen LogP contribution in [0.3, 0.4) is 0 Å². The SMILES string of the molecule is CC(c1ccco1)c1ccc(C(C)c2ccc(C(C)c3ccco3)o2)o1. The minimum atomic E-state index is 0.0325. The summed E-state index contributed by atoms with van der Waals surface area (Å²) in [5.41, 5.74) is 0. The Kier molecular flexibility index (Phi) is 4.33. The van der Waals surface area contributed by atoms with Crippen LogP contribution < -0.4 is 0 Å². The largest absolute Gasteiger partial charge is 0.469 e. The van der Waals surface area contributed by atoms with Crippen LogP contribution in [0.25, 0.3) is 0 Å². The summed E-state index contributed by atoms with van der Waals surface area (Å²) in [4.78, 5) is 0. The third-order valence-corrected chi connectivity index (χ3v) is 4.94. The Morgan fingerprint density at radius 3 is 1.15 bits per heavy atom. The van der Waals surface area contributed by atoms with Gasteiger partial charge in [-0.15, -0.1) is 0 Å². The molecule has 2 unspecified atom stereocenters. The summed E-state index contributed by atoms with van der Waals surface area (Å²) >= 11 is 0. The summed E-state index contributed by atoms with van der Waals surface area (Å²) in [6.07, 6.45) is 3.37. The molecule has 0 bridgehead atoms. The Bertz CT molecular complexity index is 862. The normalized spacial score (nSPS) is 15.0. The lowest BCUT2D eigenvalue weighted by atomic mass is 10.1. The highest BCUT2D eigenvalue weighted by atomic mass is 16.4. The van der Waals surface area contributed by atoms with Crippen molar-refractivity contribution in [2.45, 2.75) is 38.5 Å². The van der Waals surface area contributed by atoms with Gasteiger partial charge in [0.15, 0.2) is 0 Å². The van der Waals surface area contributed by atoms with Crippen molar-refractivity contribution in [3.05, 3.63) is 95.6 Å². The standard InChI is InChI=1S/C22H22O4/c1-14(17-6-4-12-23-17)19-8-10-21(25-19)16(3)22-11-9-20(26-22)15(2)18-7-5-13-24-18/h4-16H,1-3H3. The smallest absolute Gasteiger partial charge is 0.114 e. The van der Waals surface area contributed by atoms with Crippen molar-refractivity contribution in [3.63, 3.8) is 0 Å². The zero-order valence-corrected chi connectivity index (χ0v) is 15.1. The van der Waals surface area contributed by atoms with Gasteiger partial charge in [-0.2, -0.15) is 0 Å². The van der Waals surface area contributed by atoms with E-state index >= 15 is 0 Å². The molecule has 4 aromatic rings. The molecule has 0 fully saturated rings. The fourth-order valence-electron chi connectivity index (χ4n) is 3.16. The molecule has 4 nitrogen and oxygen atoms in total. The Labute approximate surface area is 152 Å². The fraction of sp³-hybridized carbons (Fsp3) is 0.273. The molecule has 0 amide bonds. The van der Waals surface area contributed by atoms with Gasteiger partial charge in [0.1, 0.15) is 34.6 Å². The van der Waals surface area contributed by atoms with Crippen molar-refractivity contribution in [1.82, 2.24) is 0 Å². The summed E-state index contributed by atoms with van der Waals surface area (Å²) in [5, 5.41) is 0. The van der Waals surface area contributed by atoms with Crippen LogP contribution in [-0.2, 0) is 0 Å². The highest BCUT2D eigenvalue weighted by molar-refractivity contribution is 5.27. The second-order valence-electron chi connectivity index (χ2n) is 6.68. The van der Waals surface area contributed by atoms with Gasteiger partial charge in [-0.1, -0.05) is 0 Å². The van der Waals surface area contributed by atoms with Gasteiger partial charge < -0.3 is 17.7 Å². The topological polar surface area (TPSA) is 52.6 Å². The average Bonchev–Trinajstić information content (AvgIpc) is 3.45. The lowest BCUT2D eigenvalue weighted by Gasteiger charge is -2.08. The van der Waals surface area contributed by atoms with Crippen LogP contribution in [-0.4, -0.2) is 0 Å². The van der Waals surface area contributed by atoms with Crippen LogP contribution in [0.1, 0.15) is 73.1 Å². The van der Waals surface area contributed by atoms with Gasteiger partial charge in [-0.25, -0.2) is 0 Å². The third kappa shape index (κ3) is 3.03. The first-order chi connectivity index (χ1) is 12.6. The van der Waals surface area contributed by atoms with Crippen LogP contribution in [0.15, 0.2) is 78.7 Å². The van der Waals surface area contributed by atoms with Crippen LogP contribution in [0.5, 0.6) is 0 Å². The molecule has 0 N–H and O–H groups in total. The summed E-state index contributed by atoms with van der Waals surface area (Å²) in [5.74, 6) is 5.52. The van der Waals surface area contributed by atoms with Gasteiger partial charge in [0.05, 0.1) is 30.3 Å². The van der Waals surface area contributed by atoms with E-state index in [9.17, 15) is 0 Å². The Balaban J connectivity index is 1.52. The van der Waals surface area contributed by atoms with Gasteiger partial charge in [-0.3, -0.25) is 0 Å². The highest BCUT2D eigenvalue weighted by Gasteiger charge is 2.22. The van der Waals surface area contributed by atoms with Crippen molar-refractivity contribution in [3.8, 4) is 0 Å². The summed E-state index contributed by atoms with van der Waals surface area (Å²) in [7, 11) is 0. The van der Waals surface area contributed by atoms with E-state index in [0.717, 1.165) is 34.6 Å². The minimum absolute atomic E-state index is 0.0325.